The molecule has 7 amide bonds. The van der Waals surface area contributed by atoms with E-state index in [1.807, 2.05) is 27.7 Å². The summed E-state index contributed by atoms with van der Waals surface area (Å²) < 4.78 is 0. The van der Waals surface area contributed by atoms with Crippen molar-refractivity contribution >= 4 is 53.3 Å². The van der Waals surface area contributed by atoms with Gasteiger partial charge in [-0.25, -0.2) is 4.79 Å². The second-order valence-corrected chi connectivity index (χ2v) is 16.0. The highest BCUT2D eigenvalue weighted by atomic mass is 16.4. The first kappa shape index (κ1) is 52.0. The van der Waals surface area contributed by atoms with Crippen LogP contribution in [-0.2, 0) is 38.4 Å². The first-order valence-electron chi connectivity index (χ1n) is 20.5. The molecule has 1 rings (SSSR count). The molecule has 1 aliphatic heterocycles. The van der Waals surface area contributed by atoms with Gasteiger partial charge < -0.3 is 64.8 Å². The van der Waals surface area contributed by atoms with Crippen molar-refractivity contribution in [3.8, 4) is 0 Å². The van der Waals surface area contributed by atoms with E-state index in [9.17, 15) is 43.5 Å². The smallest absolute Gasteiger partial charge is 0.326 e. The van der Waals surface area contributed by atoms with Crippen molar-refractivity contribution in [3.05, 3.63) is 0 Å². The molecular formula is C38H70N12O9. The largest absolute Gasteiger partial charge is 0.480 e. The minimum absolute atomic E-state index is 0.0287. The number of rotatable bonds is 26. The number of carboxylic acids is 1. The summed E-state index contributed by atoms with van der Waals surface area (Å²) in [5, 5.41) is 25.2. The van der Waals surface area contributed by atoms with Crippen LogP contribution < -0.4 is 54.8 Å². The maximum Gasteiger partial charge on any atom is 0.326 e. The molecule has 0 bridgehead atoms. The van der Waals surface area contributed by atoms with Crippen LogP contribution in [0.4, 0.5) is 0 Å². The van der Waals surface area contributed by atoms with Crippen molar-refractivity contribution in [2.45, 2.75) is 155 Å². The van der Waals surface area contributed by atoms with Crippen molar-refractivity contribution in [2.75, 3.05) is 19.6 Å². The van der Waals surface area contributed by atoms with Gasteiger partial charge in [0, 0.05) is 13.1 Å². The third kappa shape index (κ3) is 19.0. The summed E-state index contributed by atoms with van der Waals surface area (Å²) in [4.78, 5) is 110. The van der Waals surface area contributed by atoms with Crippen LogP contribution >= 0.6 is 0 Å². The van der Waals surface area contributed by atoms with E-state index >= 15 is 0 Å². The standard InChI is InChI=1S/C38H70N12O9/c1-20(2)18-27(33(54)44-23(6)31(52)47-26(37(58)59)13-10-16-43-38(41)42)48-32(53)24(7)45-34(55)28(19-21(3)4)49-35(56)29-14-11-17-50(29)36(57)25(12-8-9-15-39)46-30(51)22(5)40/h20-29H,8-19,39-40H2,1-7H3,(H,44,54)(H,45,55)(H,46,51)(H,47,52)(H,48,53)(H,49,56)(H,58,59)(H4,41,42,43)/t22-,23+,24-,25-,26-,27-,28-,29-/m0/s1. The van der Waals surface area contributed by atoms with Crippen LogP contribution in [0.25, 0.3) is 0 Å². The van der Waals surface area contributed by atoms with Crippen LogP contribution in [0, 0.1) is 11.8 Å². The fraction of sp³-hybridized carbons (Fsp3) is 0.763. The number of aliphatic carboxylic acids is 1. The highest BCUT2D eigenvalue weighted by molar-refractivity contribution is 5.97. The van der Waals surface area contributed by atoms with E-state index in [1.54, 1.807) is 0 Å². The number of unbranched alkanes of at least 4 members (excludes halogenated alkanes) is 1. The number of nitrogens with one attached hydrogen (secondary N) is 6. The molecule has 0 radical (unpaired) electrons. The Kier molecular flexibility index (Phi) is 23.0. The first-order chi connectivity index (χ1) is 27.6. The lowest BCUT2D eigenvalue weighted by atomic mass is 10.0. The SMILES string of the molecule is CC(C)C[C@H](NC(=O)[C@H](C)NC(=O)[C@H](CC(C)C)NC(=O)[C@@H]1CCCN1C(=O)[C@H](CCCCN)NC(=O)[C@H](C)N)C(=O)N[C@H](C)C(=O)N[C@@H](CCCN=C(N)N)C(=O)O. The lowest BCUT2D eigenvalue weighted by Crippen LogP contribution is -2.59. The second kappa shape index (κ2) is 26.1. The lowest BCUT2D eigenvalue weighted by molar-refractivity contribution is -0.142. The van der Waals surface area contributed by atoms with Gasteiger partial charge in [0.2, 0.25) is 41.4 Å². The maximum atomic E-state index is 13.7. The highest BCUT2D eigenvalue weighted by Crippen LogP contribution is 2.21. The number of amides is 7. The van der Waals surface area contributed by atoms with Gasteiger partial charge in [-0.2, -0.15) is 0 Å². The zero-order chi connectivity index (χ0) is 45.0. The average Bonchev–Trinajstić information content (AvgIpc) is 3.64. The van der Waals surface area contributed by atoms with E-state index < -0.39 is 95.7 Å². The Bertz CT molecular complexity index is 1470. The van der Waals surface area contributed by atoms with Crippen molar-refractivity contribution < 1.29 is 43.5 Å². The molecule has 1 fully saturated rings. The summed E-state index contributed by atoms with van der Waals surface area (Å²) >= 11 is 0. The first-order valence-corrected chi connectivity index (χ1v) is 20.5. The van der Waals surface area contributed by atoms with Crippen molar-refractivity contribution in [3.63, 3.8) is 0 Å². The topological polar surface area (TPSA) is 349 Å². The highest BCUT2D eigenvalue weighted by Gasteiger charge is 2.39. The second-order valence-electron chi connectivity index (χ2n) is 16.0. The quantitative estimate of drug-likeness (QED) is 0.0247. The number of nitrogens with two attached hydrogens (primary N) is 4. The number of carbonyl (C=O) groups is 8. The summed E-state index contributed by atoms with van der Waals surface area (Å²) in [5.74, 6) is -5.90. The Morgan fingerprint density at radius 2 is 1.15 bits per heavy atom. The van der Waals surface area contributed by atoms with E-state index in [-0.39, 0.29) is 56.6 Å². The van der Waals surface area contributed by atoms with Gasteiger partial charge >= 0.3 is 5.97 Å². The Labute approximate surface area is 347 Å². The van der Waals surface area contributed by atoms with Gasteiger partial charge in [-0.15, -0.1) is 0 Å². The molecular weight excluding hydrogens is 768 g/mol. The number of guanidine groups is 1. The molecule has 21 heteroatoms. The molecule has 1 aliphatic rings. The maximum absolute atomic E-state index is 13.7. The van der Waals surface area contributed by atoms with E-state index in [4.69, 9.17) is 22.9 Å². The number of carboxylic acid groups (broad SMARTS) is 1. The van der Waals surface area contributed by atoms with E-state index in [0.717, 1.165) is 0 Å². The molecule has 0 aromatic carbocycles. The molecule has 1 heterocycles. The fourth-order valence-electron chi connectivity index (χ4n) is 6.34. The molecule has 21 nitrogen and oxygen atoms in total. The van der Waals surface area contributed by atoms with Crippen LogP contribution in [0.3, 0.4) is 0 Å². The Balaban J connectivity index is 3.02. The molecule has 1 saturated heterocycles. The number of hydrogen-bond acceptors (Lipinski definition) is 11. The number of hydrogen-bond donors (Lipinski definition) is 11. The van der Waals surface area contributed by atoms with Crippen LogP contribution in [0.1, 0.15) is 106 Å². The van der Waals surface area contributed by atoms with Gasteiger partial charge in [-0.1, -0.05) is 27.7 Å². The predicted molar refractivity (Wildman–Crippen MR) is 221 cm³/mol. The third-order valence-electron chi connectivity index (χ3n) is 9.56. The van der Waals surface area contributed by atoms with Crippen molar-refractivity contribution in [2.24, 2.45) is 39.8 Å². The Morgan fingerprint density at radius 1 is 0.661 bits per heavy atom. The molecule has 0 aliphatic carbocycles. The Hall–Kier alpha value is -5.05. The lowest BCUT2D eigenvalue weighted by Gasteiger charge is -2.30. The summed E-state index contributed by atoms with van der Waals surface area (Å²) in [6.45, 7) is 12.5. The fourth-order valence-corrected chi connectivity index (χ4v) is 6.34. The molecule has 15 N–H and O–H groups in total. The van der Waals surface area contributed by atoms with Crippen LogP contribution in [0.2, 0.25) is 0 Å². The summed E-state index contributed by atoms with van der Waals surface area (Å²) in [7, 11) is 0. The molecule has 0 saturated carbocycles. The molecule has 0 unspecified atom stereocenters. The number of likely N-dealkylation sites (tertiary alicyclic amines) is 1. The molecule has 336 valence electrons. The van der Waals surface area contributed by atoms with Gasteiger partial charge in [0.05, 0.1) is 6.04 Å². The number of aliphatic imine (C=N–C) groups is 1. The monoisotopic (exact) mass is 839 g/mol. The predicted octanol–water partition coefficient (Wildman–Crippen LogP) is -2.37. The summed E-state index contributed by atoms with van der Waals surface area (Å²) in [5.41, 5.74) is 21.9. The summed E-state index contributed by atoms with van der Waals surface area (Å²) in [6, 6.07) is -8.47. The molecule has 0 spiro atoms. The molecule has 0 aromatic heterocycles. The van der Waals surface area contributed by atoms with E-state index in [0.29, 0.717) is 38.6 Å². The summed E-state index contributed by atoms with van der Waals surface area (Å²) in [6.07, 6.45) is 3.04. The number of nitrogens with zero attached hydrogens (tertiary/aromatic N) is 2. The zero-order valence-corrected chi connectivity index (χ0v) is 35.7. The van der Waals surface area contributed by atoms with E-state index in [1.165, 1.54) is 25.7 Å². The van der Waals surface area contributed by atoms with Crippen molar-refractivity contribution in [1.29, 1.82) is 0 Å². The van der Waals surface area contributed by atoms with E-state index in [2.05, 4.69) is 36.9 Å². The van der Waals surface area contributed by atoms with Gasteiger partial charge in [0.1, 0.15) is 42.3 Å². The van der Waals surface area contributed by atoms with Crippen LogP contribution in [0.5, 0.6) is 0 Å². The minimum Gasteiger partial charge on any atom is -0.480 e. The van der Waals surface area contributed by atoms with Gasteiger partial charge in [-0.05, 0) is 96.9 Å². The van der Waals surface area contributed by atoms with Crippen molar-refractivity contribution in [1.82, 2.24) is 36.8 Å². The minimum atomic E-state index is -1.28. The van der Waals surface area contributed by atoms with Gasteiger partial charge in [0.15, 0.2) is 5.96 Å². The molecule has 0 aromatic rings. The Morgan fingerprint density at radius 3 is 1.63 bits per heavy atom. The normalized spacial score (nSPS) is 17.3. The molecule has 59 heavy (non-hydrogen) atoms. The van der Waals surface area contributed by atoms with Gasteiger partial charge in [0.25, 0.3) is 0 Å². The van der Waals surface area contributed by atoms with Crippen LogP contribution in [0.15, 0.2) is 4.99 Å². The zero-order valence-electron chi connectivity index (χ0n) is 35.7. The molecule has 8 atom stereocenters. The average molecular weight is 839 g/mol. The third-order valence-corrected chi connectivity index (χ3v) is 9.56. The number of carbonyl (C=O) groups excluding carboxylic acids is 7. The van der Waals surface area contributed by atoms with Crippen LogP contribution in [-0.4, -0.2) is 131 Å². The van der Waals surface area contributed by atoms with Gasteiger partial charge in [-0.3, -0.25) is 38.6 Å².